The Morgan fingerprint density at radius 2 is 1.66 bits per heavy atom. The van der Waals surface area contributed by atoms with Crippen molar-refractivity contribution in [2.45, 2.75) is 27.2 Å². The predicted molar refractivity (Wildman–Crippen MR) is 119 cm³/mol. The number of carbonyl (C=O) groups is 4. The highest BCUT2D eigenvalue weighted by atomic mass is 16.5. The molecular weight excluding hydrogens is 406 g/mol. The molecule has 1 saturated heterocycles. The first-order valence-corrected chi connectivity index (χ1v) is 10.7. The molecule has 1 fully saturated rings. The van der Waals surface area contributed by atoms with E-state index < -0.39 is 5.97 Å². The summed E-state index contributed by atoms with van der Waals surface area (Å²) in [5.41, 5.74) is 3.25. The number of hydrogen-bond acceptors (Lipinski definition) is 5. The minimum Gasteiger partial charge on any atom is -0.454 e. The first-order valence-electron chi connectivity index (χ1n) is 10.7. The quantitative estimate of drug-likeness (QED) is 0.309. The minimum absolute atomic E-state index is 0.0132. The van der Waals surface area contributed by atoms with Gasteiger partial charge in [-0.15, -0.1) is 0 Å². The number of rotatable bonds is 5. The number of amides is 2. The van der Waals surface area contributed by atoms with Gasteiger partial charge in [0.05, 0.1) is 23.1 Å². The van der Waals surface area contributed by atoms with Crippen LogP contribution in [0, 0.1) is 31.6 Å². The molecule has 2 amide bonds. The fourth-order valence-corrected chi connectivity index (χ4v) is 4.36. The molecule has 0 saturated carbocycles. The van der Waals surface area contributed by atoms with Crippen LogP contribution >= 0.6 is 0 Å². The zero-order valence-electron chi connectivity index (χ0n) is 18.3. The molecule has 6 heteroatoms. The second-order valence-electron chi connectivity index (χ2n) is 8.51. The number of fused-ring (bicyclic) bond motifs is 1. The standard InChI is InChI=1S/C26H25NO5/c1-15-7-8-19(13-17(15)3)22(28)14-32-26(31)18-9-11-20(12-10-18)27-24(29)21-6-4-5-16(2)23(21)25(27)30/h4-5,7-13,16,21,23H,6,14H2,1-3H3/t16-,21+,23+/m1/s1. The number of Topliss-reactive ketones (excluding diaryl/α,β-unsaturated/α-hetero) is 1. The molecule has 32 heavy (non-hydrogen) atoms. The largest absolute Gasteiger partial charge is 0.454 e. The molecule has 0 radical (unpaired) electrons. The molecule has 3 atom stereocenters. The molecule has 1 heterocycles. The molecule has 1 aliphatic carbocycles. The summed E-state index contributed by atoms with van der Waals surface area (Å²) in [7, 11) is 0. The minimum atomic E-state index is -0.640. The summed E-state index contributed by atoms with van der Waals surface area (Å²) in [6.07, 6.45) is 4.50. The van der Waals surface area contributed by atoms with Crippen LogP contribution in [0.2, 0.25) is 0 Å². The Kier molecular flexibility index (Phi) is 5.78. The maximum Gasteiger partial charge on any atom is 0.338 e. The van der Waals surface area contributed by atoms with Crippen LogP contribution < -0.4 is 4.90 Å². The number of carbonyl (C=O) groups excluding carboxylic acids is 4. The highest BCUT2D eigenvalue weighted by Gasteiger charge is 2.50. The van der Waals surface area contributed by atoms with Crippen molar-refractivity contribution in [3.05, 3.63) is 76.9 Å². The maximum absolute atomic E-state index is 12.9. The molecule has 0 spiro atoms. The van der Waals surface area contributed by atoms with E-state index in [0.29, 0.717) is 17.7 Å². The van der Waals surface area contributed by atoms with Crippen LogP contribution in [0.5, 0.6) is 0 Å². The van der Waals surface area contributed by atoms with Crippen LogP contribution in [-0.4, -0.2) is 30.2 Å². The number of aryl methyl sites for hydroxylation is 2. The van der Waals surface area contributed by atoms with Gasteiger partial charge in [0.1, 0.15) is 0 Å². The van der Waals surface area contributed by atoms with Crippen LogP contribution in [0.3, 0.4) is 0 Å². The Hall–Kier alpha value is -3.54. The summed E-state index contributed by atoms with van der Waals surface area (Å²) < 4.78 is 5.17. The molecule has 1 aliphatic heterocycles. The highest BCUT2D eigenvalue weighted by molar-refractivity contribution is 6.22. The van der Waals surface area contributed by atoms with Crippen molar-refractivity contribution in [2.24, 2.45) is 17.8 Å². The summed E-state index contributed by atoms with van der Waals surface area (Å²) >= 11 is 0. The lowest BCUT2D eigenvalue weighted by Crippen LogP contribution is -2.31. The topological polar surface area (TPSA) is 80.8 Å². The lowest BCUT2D eigenvalue weighted by atomic mass is 9.78. The fraction of sp³-hybridized carbons (Fsp3) is 0.308. The maximum atomic E-state index is 12.9. The van der Waals surface area contributed by atoms with Gasteiger partial charge in [-0.25, -0.2) is 4.79 Å². The molecular formula is C26H25NO5. The van der Waals surface area contributed by atoms with Gasteiger partial charge < -0.3 is 4.74 Å². The molecule has 164 valence electrons. The Morgan fingerprint density at radius 3 is 2.31 bits per heavy atom. The molecule has 6 nitrogen and oxygen atoms in total. The number of esters is 1. The second kappa shape index (κ2) is 8.54. The van der Waals surface area contributed by atoms with Crippen LogP contribution in [-0.2, 0) is 14.3 Å². The molecule has 2 aromatic carbocycles. The monoisotopic (exact) mass is 431 g/mol. The van der Waals surface area contributed by atoms with Gasteiger partial charge in [0.2, 0.25) is 11.8 Å². The number of imide groups is 1. The predicted octanol–water partition coefficient (Wildman–Crippen LogP) is 4.04. The van der Waals surface area contributed by atoms with Gasteiger partial charge in [-0.05, 0) is 67.6 Å². The number of allylic oxidation sites excluding steroid dienone is 2. The lowest BCUT2D eigenvalue weighted by molar-refractivity contribution is -0.122. The third kappa shape index (κ3) is 3.88. The van der Waals surface area contributed by atoms with E-state index in [1.54, 1.807) is 24.3 Å². The van der Waals surface area contributed by atoms with Crippen LogP contribution in [0.25, 0.3) is 0 Å². The van der Waals surface area contributed by atoms with E-state index in [1.165, 1.54) is 17.0 Å². The molecule has 0 N–H and O–H groups in total. The van der Waals surface area contributed by atoms with E-state index >= 15 is 0 Å². The van der Waals surface area contributed by atoms with Crippen molar-refractivity contribution in [1.29, 1.82) is 0 Å². The van der Waals surface area contributed by atoms with Crippen LogP contribution in [0.15, 0.2) is 54.6 Å². The number of benzene rings is 2. The van der Waals surface area contributed by atoms with Crippen molar-refractivity contribution < 1.29 is 23.9 Å². The summed E-state index contributed by atoms with van der Waals surface area (Å²) in [6.45, 7) is 5.46. The molecule has 2 aliphatic rings. The Bertz CT molecular complexity index is 1130. The highest BCUT2D eigenvalue weighted by Crippen LogP contribution is 2.40. The van der Waals surface area contributed by atoms with Crippen molar-refractivity contribution >= 4 is 29.3 Å². The van der Waals surface area contributed by atoms with Crippen molar-refractivity contribution in [1.82, 2.24) is 0 Å². The van der Waals surface area contributed by atoms with Gasteiger partial charge in [-0.2, -0.15) is 0 Å². The van der Waals surface area contributed by atoms with E-state index in [-0.39, 0.29) is 47.5 Å². The molecule has 2 aromatic rings. The third-order valence-electron chi connectivity index (χ3n) is 6.40. The summed E-state index contributed by atoms with van der Waals surface area (Å²) in [5.74, 6) is -1.98. The fourth-order valence-electron chi connectivity index (χ4n) is 4.36. The summed E-state index contributed by atoms with van der Waals surface area (Å²) in [6, 6.07) is 11.5. The van der Waals surface area contributed by atoms with Crippen molar-refractivity contribution in [2.75, 3.05) is 11.5 Å². The summed E-state index contributed by atoms with van der Waals surface area (Å²) in [5, 5.41) is 0. The van der Waals surface area contributed by atoms with Crippen molar-refractivity contribution in [3.8, 4) is 0 Å². The van der Waals surface area contributed by atoms with Gasteiger partial charge in [0.25, 0.3) is 0 Å². The molecule has 0 aromatic heterocycles. The number of ether oxygens (including phenoxy) is 1. The van der Waals surface area contributed by atoms with E-state index in [9.17, 15) is 19.2 Å². The van der Waals surface area contributed by atoms with Gasteiger partial charge in [-0.1, -0.05) is 31.2 Å². The molecule has 0 bridgehead atoms. The first-order chi connectivity index (χ1) is 15.3. The third-order valence-corrected chi connectivity index (χ3v) is 6.40. The Balaban J connectivity index is 1.42. The first kappa shape index (κ1) is 21.7. The number of anilines is 1. The number of ketones is 1. The van der Waals surface area contributed by atoms with E-state index in [0.717, 1.165) is 11.1 Å². The van der Waals surface area contributed by atoms with Crippen LogP contribution in [0.1, 0.15) is 45.2 Å². The smallest absolute Gasteiger partial charge is 0.338 e. The van der Waals surface area contributed by atoms with Gasteiger partial charge in [0, 0.05) is 5.56 Å². The lowest BCUT2D eigenvalue weighted by Gasteiger charge is -2.22. The van der Waals surface area contributed by atoms with E-state index in [2.05, 4.69) is 0 Å². The van der Waals surface area contributed by atoms with Gasteiger partial charge in [-0.3, -0.25) is 19.3 Å². The average Bonchev–Trinajstić information content (AvgIpc) is 3.05. The zero-order chi connectivity index (χ0) is 23.0. The van der Waals surface area contributed by atoms with Crippen molar-refractivity contribution in [3.63, 3.8) is 0 Å². The second-order valence-corrected chi connectivity index (χ2v) is 8.51. The van der Waals surface area contributed by atoms with Gasteiger partial charge >= 0.3 is 5.97 Å². The summed E-state index contributed by atoms with van der Waals surface area (Å²) in [4.78, 5) is 51.6. The average molecular weight is 431 g/mol. The zero-order valence-corrected chi connectivity index (χ0v) is 18.3. The normalized spacial score (nSPS) is 22.1. The Morgan fingerprint density at radius 1 is 0.969 bits per heavy atom. The Labute approximate surface area is 186 Å². The molecule has 4 rings (SSSR count). The van der Waals surface area contributed by atoms with Gasteiger partial charge in [0.15, 0.2) is 12.4 Å². The number of hydrogen-bond donors (Lipinski definition) is 0. The van der Waals surface area contributed by atoms with E-state index in [1.807, 2.05) is 39.0 Å². The van der Waals surface area contributed by atoms with Crippen LogP contribution in [0.4, 0.5) is 5.69 Å². The van der Waals surface area contributed by atoms with E-state index in [4.69, 9.17) is 4.74 Å². The SMILES string of the molecule is Cc1ccc(C(=O)COC(=O)c2ccc(N3C(=O)[C@H]4[C@H](C)C=CC[C@@H]4C3=O)cc2)cc1C. The number of nitrogens with zero attached hydrogens (tertiary/aromatic N) is 1. The molecule has 0 unspecified atom stereocenters.